The van der Waals surface area contributed by atoms with E-state index < -0.39 is 33.1 Å². The summed E-state index contributed by atoms with van der Waals surface area (Å²) in [5.74, 6) is -1.51. The number of rotatable bonds is 12. The Labute approximate surface area is 297 Å². The van der Waals surface area contributed by atoms with Crippen molar-refractivity contribution in [3.8, 4) is 0 Å². The summed E-state index contributed by atoms with van der Waals surface area (Å²) in [6.45, 7) is 5.29. The van der Waals surface area contributed by atoms with Crippen molar-refractivity contribution in [2.75, 3.05) is 37.7 Å². The highest BCUT2D eigenvalue weighted by molar-refractivity contribution is 7.91. The van der Waals surface area contributed by atoms with Crippen molar-refractivity contribution in [2.24, 2.45) is 0 Å². The van der Waals surface area contributed by atoms with E-state index in [9.17, 15) is 30.8 Å². The van der Waals surface area contributed by atoms with Crippen molar-refractivity contribution in [1.29, 1.82) is 0 Å². The fourth-order valence-corrected chi connectivity index (χ4v) is 7.17. The van der Waals surface area contributed by atoms with Crippen LogP contribution in [0.2, 0.25) is 0 Å². The quantitative estimate of drug-likeness (QED) is 0.137. The molecule has 4 aromatic rings. The maximum Gasteiger partial charge on any atom is 0.151 e. The van der Waals surface area contributed by atoms with Crippen LogP contribution in [0.4, 0.5) is 17.6 Å². The van der Waals surface area contributed by atoms with Gasteiger partial charge in [-0.1, -0.05) is 86.7 Å². The molecule has 0 radical (unpaired) electrons. The number of halogens is 4. The Morgan fingerprint density at radius 2 is 1.12 bits per heavy atom. The van der Waals surface area contributed by atoms with Crippen LogP contribution in [0.25, 0.3) is 11.1 Å². The van der Waals surface area contributed by atoms with Crippen LogP contribution in [-0.4, -0.2) is 61.7 Å². The number of hydrogen-bond acceptors (Lipinski definition) is 5. The Kier molecular flexibility index (Phi) is 12.8. The lowest BCUT2D eigenvalue weighted by molar-refractivity contribution is -0.119. The van der Waals surface area contributed by atoms with Crippen LogP contribution in [0.5, 0.6) is 0 Å². The molecule has 0 bridgehead atoms. The van der Waals surface area contributed by atoms with Gasteiger partial charge < -0.3 is 0 Å². The van der Waals surface area contributed by atoms with E-state index in [2.05, 4.69) is 4.90 Å². The number of carbonyl (C=O) groups excluding carboxylic acids is 1. The standard InChI is InChI=1S/C21H21F2NO.C20H21F2NO2S/c1-2-18(25)10-11-24-14-16(19-13-17(22)8-9-20(19)23)12-21(24)15-6-4-3-5-7-15;1-2-26(24,25)11-10-23-14-16(18-13-17(21)8-9-19(18)22)12-20(23)15-6-4-3-5-7-15/h3-9,12-13,21H,2,10-11,14H2,1H3;3-9,12-13,20H,2,10-11,14H2,1H3/t21-;20-/m00/s1. The highest BCUT2D eigenvalue weighted by Gasteiger charge is 2.30. The molecule has 0 N–H and O–H groups in total. The number of Topliss-reactive ketones (excluding diaryl/α,β-unsaturated/α-hetero) is 1. The third kappa shape index (κ3) is 9.90. The van der Waals surface area contributed by atoms with E-state index in [0.717, 1.165) is 41.0 Å². The summed E-state index contributed by atoms with van der Waals surface area (Å²) in [7, 11) is -3.11. The summed E-state index contributed by atoms with van der Waals surface area (Å²) in [6.07, 6.45) is 4.85. The molecular formula is C41H42F4N2O3S. The fraction of sp³-hybridized carbons (Fsp3) is 0.293. The lowest BCUT2D eigenvalue weighted by Gasteiger charge is -2.24. The van der Waals surface area contributed by atoms with E-state index in [0.29, 0.717) is 50.2 Å². The molecule has 5 nitrogen and oxygen atoms in total. The molecule has 0 saturated heterocycles. The van der Waals surface area contributed by atoms with Crippen LogP contribution >= 0.6 is 0 Å². The van der Waals surface area contributed by atoms with Gasteiger partial charge in [0.15, 0.2) is 9.84 Å². The zero-order valence-electron chi connectivity index (χ0n) is 28.7. The minimum absolute atomic E-state index is 0.0384. The third-order valence-corrected chi connectivity index (χ3v) is 11.0. The second-order valence-corrected chi connectivity index (χ2v) is 15.1. The van der Waals surface area contributed by atoms with Crippen molar-refractivity contribution < 1.29 is 30.8 Å². The van der Waals surface area contributed by atoms with Crippen molar-refractivity contribution >= 4 is 26.8 Å². The van der Waals surface area contributed by atoms with Crippen LogP contribution in [0, 0.1) is 23.3 Å². The number of nitrogens with zero attached hydrogens (tertiary/aromatic N) is 2. The highest BCUT2D eigenvalue weighted by Crippen LogP contribution is 2.37. The lowest BCUT2D eigenvalue weighted by Crippen LogP contribution is -2.30. The topological polar surface area (TPSA) is 57.7 Å². The predicted molar refractivity (Wildman–Crippen MR) is 194 cm³/mol. The molecule has 51 heavy (non-hydrogen) atoms. The SMILES string of the molecule is CCC(=O)CCN1CC(c2cc(F)ccc2F)=C[C@H]1c1ccccc1.CCS(=O)(=O)CCN1CC(c2cc(F)ccc2F)=C[C@H]1c1ccccc1. The second kappa shape index (κ2) is 17.2. The molecule has 0 amide bonds. The van der Waals surface area contributed by atoms with Gasteiger partial charge in [-0.15, -0.1) is 0 Å². The maximum absolute atomic E-state index is 14.2. The first kappa shape index (κ1) is 37.9. The van der Waals surface area contributed by atoms with Crippen LogP contribution in [0.3, 0.4) is 0 Å². The van der Waals surface area contributed by atoms with Gasteiger partial charge in [0.2, 0.25) is 0 Å². The molecular weight excluding hydrogens is 677 g/mol. The van der Waals surface area contributed by atoms with Crippen LogP contribution in [0.1, 0.15) is 61.0 Å². The van der Waals surface area contributed by atoms with Crippen LogP contribution < -0.4 is 0 Å². The molecule has 0 aliphatic carbocycles. The van der Waals surface area contributed by atoms with Crippen LogP contribution in [0.15, 0.2) is 109 Å². The zero-order chi connectivity index (χ0) is 36.5. The van der Waals surface area contributed by atoms with Gasteiger partial charge in [-0.3, -0.25) is 14.6 Å². The first-order chi connectivity index (χ1) is 24.5. The van der Waals surface area contributed by atoms with Crippen LogP contribution in [-0.2, 0) is 14.6 Å². The Hall–Kier alpha value is -4.38. The van der Waals surface area contributed by atoms with Crippen molar-refractivity contribution in [1.82, 2.24) is 9.80 Å². The van der Waals surface area contributed by atoms with E-state index in [4.69, 9.17) is 0 Å². The molecule has 10 heteroatoms. The molecule has 4 aromatic carbocycles. The van der Waals surface area contributed by atoms with E-state index in [1.54, 1.807) is 6.92 Å². The zero-order valence-corrected chi connectivity index (χ0v) is 29.6. The normalized spacial score (nSPS) is 17.8. The molecule has 0 fully saturated rings. The smallest absolute Gasteiger partial charge is 0.151 e. The van der Waals surface area contributed by atoms with Gasteiger partial charge in [-0.2, -0.15) is 0 Å². The van der Waals surface area contributed by atoms with Gasteiger partial charge in [0.1, 0.15) is 29.1 Å². The Morgan fingerprint density at radius 1 is 0.667 bits per heavy atom. The third-order valence-electron chi connectivity index (χ3n) is 9.28. The molecule has 0 unspecified atom stereocenters. The highest BCUT2D eigenvalue weighted by atomic mass is 32.2. The molecule has 2 atom stereocenters. The summed E-state index contributed by atoms with van der Waals surface area (Å²) < 4.78 is 79.3. The minimum atomic E-state index is -3.11. The average Bonchev–Trinajstić information content (AvgIpc) is 3.78. The number of hydrogen-bond donors (Lipinski definition) is 0. The number of carbonyl (C=O) groups is 1. The van der Waals surface area contributed by atoms with Gasteiger partial charge >= 0.3 is 0 Å². The van der Waals surface area contributed by atoms with Gasteiger partial charge in [-0.05, 0) is 58.7 Å². The molecule has 2 aliphatic rings. The lowest BCUT2D eigenvalue weighted by atomic mass is 10.0. The Balaban J connectivity index is 0.000000198. The summed E-state index contributed by atoms with van der Waals surface area (Å²) >= 11 is 0. The molecule has 0 spiro atoms. The van der Waals surface area contributed by atoms with Gasteiger partial charge in [0.05, 0.1) is 17.8 Å². The van der Waals surface area contributed by atoms with E-state index in [-0.39, 0.29) is 34.9 Å². The molecule has 6 rings (SSSR count). The Bertz CT molecular complexity index is 1980. The van der Waals surface area contributed by atoms with Gasteiger partial charge in [0.25, 0.3) is 0 Å². The molecule has 2 aliphatic heterocycles. The monoisotopic (exact) mass is 718 g/mol. The summed E-state index contributed by atoms with van der Waals surface area (Å²) in [4.78, 5) is 15.8. The summed E-state index contributed by atoms with van der Waals surface area (Å²) in [5, 5.41) is 0. The average molecular weight is 719 g/mol. The number of benzene rings is 4. The van der Waals surface area contributed by atoms with E-state index in [1.165, 1.54) is 12.1 Å². The molecule has 0 aromatic heterocycles. The number of ketones is 1. The van der Waals surface area contributed by atoms with Crippen molar-refractivity contribution in [3.05, 3.63) is 155 Å². The Morgan fingerprint density at radius 3 is 1.55 bits per heavy atom. The molecule has 2 heterocycles. The molecule has 0 saturated carbocycles. The summed E-state index contributed by atoms with van der Waals surface area (Å²) in [5.41, 5.74) is 4.03. The number of sulfone groups is 1. The van der Waals surface area contributed by atoms with Crippen molar-refractivity contribution in [2.45, 2.75) is 38.8 Å². The first-order valence-electron chi connectivity index (χ1n) is 17.1. The second-order valence-electron chi connectivity index (χ2n) is 12.7. The van der Waals surface area contributed by atoms with Gasteiger partial charge in [0, 0.05) is 55.9 Å². The van der Waals surface area contributed by atoms with Gasteiger partial charge in [-0.25, -0.2) is 26.0 Å². The largest absolute Gasteiger partial charge is 0.300 e. The first-order valence-corrected chi connectivity index (χ1v) is 18.9. The predicted octanol–water partition coefficient (Wildman–Crippen LogP) is 8.61. The van der Waals surface area contributed by atoms with E-state index in [1.807, 2.05) is 84.6 Å². The summed E-state index contributed by atoms with van der Waals surface area (Å²) in [6, 6.07) is 26.2. The minimum Gasteiger partial charge on any atom is -0.300 e. The fourth-order valence-electron chi connectivity index (χ4n) is 6.37. The van der Waals surface area contributed by atoms with Crippen molar-refractivity contribution in [3.63, 3.8) is 0 Å². The van der Waals surface area contributed by atoms with E-state index >= 15 is 0 Å². The molecule has 268 valence electrons. The maximum atomic E-state index is 14.2.